The lowest BCUT2D eigenvalue weighted by atomic mass is 10.2. The van der Waals surface area contributed by atoms with Crippen molar-refractivity contribution in [3.05, 3.63) is 30.5 Å². The van der Waals surface area contributed by atoms with E-state index in [0.717, 1.165) is 42.6 Å². The number of nitrogens with one attached hydrogen (secondary N) is 1. The highest BCUT2D eigenvalue weighted by Crippen LogP contribution is 2.18. The molecule has 0 amide bonds. The first-order valence-electron chi connectivity index (χ1n) is 5.85. The summed E-state index contributed by atoms with van der Waals surface area (Å²) in [7, 11) is 1.73. The topological polar surface area (TPSA) is 47.0 Å². The minimum Gasteiger partial charge on any atom is -0.385 e. The van der Waals surface area contributed by atoms with Crippen LogP contribution in [0, 0.1) is 0 Å². The molecule has 0 saturated heterocycles. The van der Waals surface area contributed by atoms with E-state index < -0.39 is 0 Å². The average Bonchev–Trinajstić information content (AvgIpc) is 2.39. The molecule has 90 valence electrons. The van der Waals surface area contributed by atoms with Crippen LogP contribution in [0.1, 0.15) is 12.8 Å². The van der Waals surface area contributed by atoms with Crippen molar-refractivity contribution in [2.24, 2.45) is 0 Å². The third-order valence-corrected chi connectivity index (χ3v) is 2.64. The molecule has 0 atom stereocenters. The molecule has 1 N–H and O–H groups in total. The number of nitrogens with zero attached hydrogens (tertiary/aromatic N) is 2. The van der Waals surface area contributed by atoms with Crippen LogP contribution in [0.2, 0.25) is 0 Å². The van der Waals surface area contributed by atoms with Crippen molar-refractivity contribution in [3.63, 3.8) is 0 Å². The Labute approximate surface area is 101 Å². The predicted octanol–water partition coefficient (Wildman–Crippen LogP) is 2.47. The van der Waals surface area contributed by atoms with Gasteiger partial charge in [-0.3, -0.25) is 0 Å². The maximum absolute atomic E-state index is 5.01. The summed E-state index contributed by atoms with van der Waals surface area (Å²) in [5.74, 6) is 0.862. The maximum Gasteiger partial charge on any atom is 0.156 e. The minimum absolute atomic E-state index is 0.808. The Balaban J connectivity index is 1.98. The number of ether oxygens (including phenoxy) is 1. The smallest absolute Gasteiger partial charge is 0.156 e. The fraction of sp³-hybridized carbons (Fsp3) is 0.385. The lowest BCUT2D eigenvalue weighted by molar-refractivity contribution is 0.194. The highest BCUT2D eigenvalue weighted by Gasteiger charge is 2.01. The van der Waals surface area contributed by atoms with Gasteiger partial charge in [-0.2, -0.15) is 5.10 Å². The molecule has 0 radical (unpaired) electrons. The van der Waals surface area contributed by atoms with Gasteiger partial charge in [0.2, 0.25) is 0 Å². The number of aromatic nitrogens is 2. The molecule has 1 aromatic heterocycles. The first-order chi connectivity index (χ1) is 8.42. The van der Waals surface area contributed by atoms with Gasteiger partial charge < -0.3 is 10.1 Å². The largest absolute Gasteiger partial charge is 0.385 e. The summed E-state index contributed by atoms with van der Waals surface area (Å²) in [4.78, 5) is 0. The van der Waals surface area contributed by atoms with Crippen LogP contribution in [0.3, 0.4) is 0 Å². The highest BCUT2D eigenvalue weighted by molar-refractivity contribution is 5.90. The number of fused-ring (bicyclic) bond motifs is 1. The van der Waals surface area contributed by atoms with Crippen molar-refractivity contribution >= 4 is 16.6 Å². The van der Waals surface area contributed by atoms with E-state index in [-0.39, 0.29) is 0 Å². The van der Waals surface area contributed by atoms with E-state index in [1.165, 1.54) is 0 Å². The summed E-state index contributed by atoms with van der Waals surface area (Å²) in [5.41, 5.74) is 0. The van der Waals surface area contributed by atoms with Crippen LogP contribution in [0.4, 0.5) is 5.82 Å². The van der Waals surface area contributed by atoms with Gasteiger partial charge in [0.25, 0.3) is 0 Å². The summed E-state index contributed by atoms with van der Waals surface area (Å²) >= 11 is 0. The Kier molecular flexibility index (Phi) is 4.27. The number of anilines is 1. The quantitative estimate of drug-likeness (QED) is 0.776. The standard InChI is InChI=1S/C13H17N3O/c1-17-9-5-4-8-14-13-12-7-3-2-6-11(12)10-15-16-13/h2-3,6-7,10H,4-5,8-9H2,1H3,(H,14,16). The molecule has 1 heterocycles. The third-order valence-electron chi connectivity index (χ3n) is 2.64. The van der Waals surface area contributed by atoms with Gasteiger partial charge in [-0.25, -0.2) is 0 Å². The SMILES string of the molecule is COCCCCNc1nncc2ccccc12. The molecular formula is C13H17N3O. The number of hydrogen-bond donors (Lipinski definition) is 1. The first-order valence-corrected chi connectivity index (χ1v) is 5.85. The van der Waals surface area contributed by atoms with Crippen LogP contribution < -0.4 is 5.32 Å². The second-order valence-corrected chi connectivity index (χ2v) is 3.91. The number of rotatable bonds is 6. The van der Waals surface area contributed by atoms with Crippen LogP contribution >= 0.6 is 0 Å². The van der Waals surface area contributed by atoms with Crippen molar-refractivity contribution in [2.75, 3.05) is 25.6 Å². The Morgan fingerprint density at radius 1 is 1.24 bits per heavy atom. The van der Waals surface area contributed by atoms with E-state index in [1.807, 2.05) is 18.2 Å². The molecule has 0 aliphatic carbocycles. The van der Waals surface area contributed by atoms with Crippen molar-refractivity contribution in [1.29, 1.82) is 0 Å². The van der Waals surface area contributed by atoms with Gasteiger partial charge in [-0.1, -0.05) is 24.3 Å². The van der Waals surface area contributed by atoms with E-state index in [9.17, 15) is 0 Å². The molecule has 1 aromatic carbocycles. The molecule has 0 aliphatic heterocycles. The van der Waals surface area contributed by atoms with Crippen molar-refractivity contribution in [2.45, 2.75) is 12.8 Å². The Morgan fingerprint density at radius 2 is 2.12 bits per heavy atom. The van der Waals surface area contributed by atoms with Crippen molar-refractivity contribution < 1.29 is 4.74 Å². The summed E-state index contributed by atoms with van der Waals surface area (Å²) in [6.07, 6.45) is 3.91. The van der Waals surface area contributed by atoms with Crippen molar-refractivity contribution in [1.82, 2.24) is 10.2 Å². The molecule has 0 fully saturated rings. The van der Waals surface area contributed by atoms with E-state index in [2.05, 4.69) is 21.6 Å². The Morgan fingerprint density at radius 3 is 3.00 bits per heavy atom. The molecule has 2 aromatic rings. The first kappa shape index (κ1) is 11.8. The average molecular weight is 231 g/mol. The van der Waals surface area contributed by atoms with Gasteiger partial charge in [0, 0.05) is 31.0 Å². The number of unbranched alkanes of at least 4 members (excludes halogenated alkanes) is 1. The fourth-order valence-corrected chi connectivity index (χ4v) is 1.74. The van der Waals surface area contributed by atoms with Gasteiger partial charge in [-0.05, 0) is 12.8 Å². The molecule has 0 saturated carbocycles. The van der Waals surface area contributed by atoms with E-state index in [0.29, 0.717) is 0 Å². The molecule has 4 heteroatoms. The summed E-state index contributed by atoms with van der Waals surface area (Å²) < 4.78 is 5.01. The Bertz CT molecular complexity index is 468. The number of hydrogen-bond acceptors (Lipinski definition) is 4. The van der Waals surface area contributed by atoms with Crippen LogP contribution in [0.5, 0.6) is 0 Å². The minimum atomic E-state index is 0.808. The zero-order chi connectivity index (χ0) is 11.9. The normalized spacial score (nSPS) is 10.6. The molecule has 0 unspecified atom stereocenters. The number of benzene rings is 1. The van der Waals surface area contributed by atoms with Crippen LogP contribution in [0.15, 0.2) is 30.5 Å². The molecule has 4 nitrogen and oxygen atoms in total. The molecule has 0 spiro atoms. The Hall–Kier alpha value is -1.68. The van der Waals surface area contributed by atoms with Gasteiger partial charge >= 0.3 is 0 Å². The predicted molar refractivity (Wildman–Crippen MR) is 69.1 cm³/mol. The fourth-order valence-electron chi connectivity index (χ4n) is 1.74. The summed E-state index contributed by atoms with van der Waals surface area (Å²) in [6, 6.07) is 8.12. The van der Waals surface area contributed by atoms with E-state index >= 15 is 0 Å². The second kappa shape index (κ2) is 6.15. The highest BCUT2D eigenvalue weighted by atomic mass is 16.5. The summed E-state index contributed by atoms with van der Waals surface area (Å²) in [5, 5.41) is 13.7. The zero-order valence-corrected chi connectivity index (χ0v) is 10.0. The molecule has 17 heavy (non-hydrogen) atoms. The molecule has 0 aliphatic rings. The van der Waals surface area contributed by atoms with Gasteiger partial charge in [0.1, 0.15) is 0 Å². The van der Waals surface area contributed by atoms with Gasteiger partial charge in [-0.15, -0.1) is 5.10 Å². The monoisotopic (exact) mass is 231 g/mol. The van der Waals surface area contributed by atoms with E-state index in [4.69, 9.17) is 4.74 Å². The van der Waals surface area contributed by atoms with Gasteiger partial charge in [0.15, 0.2) is 5.82 Å². The second-order valence-electron chi connectivity index (χ2n) is 3.91. The van der Waals surface area contributed by atoms with Crippen LogP contribution in [-0.2, 0) is 4.74 Å². The van der Waals surface area contributed by atoms with Crippen LogP contribution in [-0.4, -0.2) is 30.5 Å². The molecular weight excluding hydrogens is 214 g/mol. The number of methoxy groups -OCH3 is 1. The maximum atomic E-state index is 5.01. The lowest BCUT2D eigenvalue weighted by Crippen LogP contribution is -2.05. The molecule has 2 rings (SSSR count). The van der Waals surface area contributed by atoms with E-state index in [1.54, 1.807) is 13.3 Å². The van der Waals surface area contributed by atoms with Gasteiger partial charge in [0.05, 0.1) is 6.20 Å². The molecule has 0 bridgehead atoms. The summed E-state index contributed by atoms with van der Waals surface area (Å²) in [6.45, 7) is 1.70. The third kappa shape index (κ3) is 3.14. The van der Waals surface area contributed by atoms with Crippen LogP contribution in [0.25, 0.3) is 10.8 Å². The lowest BCUT2D eigenvalue weighted by Gasteiger charge is -2.07. The zero-order valence-electron chi connectivity index (χ0n) is 10.0. The van der Waals surface area contributed by atoms with Crippen molar-refractivity contribution in [3.8, 4) is 0 Å².